The Labute approximate surface area is 149 Å². The van der Waals surface area contributed by atoms with Gasteiger partial charge in [-0.25, -0.2) is 9.98 Å². The third-order valence-corrected chi connectivity index (χ3v) is 3.64. The van der Waals surface area contributed by atoms with Crippen LogP contribution >= 0.6 is 24.0 Å². The molecule has 0 spiro atoms. The predicted octanol–water partition coefficient (Wildman–Crippen LogP) is 2.71. The highest BCUT2D eigenvalue weighted by atomic mass is 127. The summed E-state index contributed by atoms with van der Waals surface area (Å²) in [6.07, 6.45) is 6.95. The number of aliphatic imine (C=N–C) groups is 1. The minimum Gasteiger partial charge on any atom is -0.477 e. The van der Waals surface area contributed by atoms with Gasteiger partial charge in [-0.1, -0.05) is 6.07 Å². The highest BCUT2D eigenvalue weighted by molar-refractivity contribution is 14.0. The van der Waals surface area contributed by atoms with Gasteiger partial charge in [-0.2, -0.15) is 0 Å². The van der Waals surface area contributed by atoms with E-state index in [0.717, 1.165) is 36.5 Å². The summed E-state index contributed by atoms with van der Waals surface area (Å²) in [7, 11) is 0. The predicted molar refractivity (Wildman–Crippen MR) is 98.8 cm³/mol. The molecule has 3 rings (SSSR count). The van der Waals surface area contributed by atoms with E-state index in [1.807, 2.05) is 18.3 Å². The third kappa shape index (κ3) is 5.98. The Morgan fingerprint density at radius 1 is 1.32 bits per heavy atom. The van der Waals surface area contributed by atoms with Crippen molar-refractivity contribution in [2.75, 3.05) is 13.2 Å². The largest absolute Gasteiger partial charge is 0.477 e. The number of aromatic nitrogens is 1. The maximum Gasteiger partial charge on any atom is 0.213 e. The van der Waals surface area contributed by atoms with Crippen LogP contribution in [0, 0.1) is 5.92 Å². The molecule has 0 atom stereocenters. The number of rotatable bonds is 7. The molecule has 1 aromatic rings. The lowest BCUT2D eigenvalue weighted by atomic mass is 10.3. The molecule has 22 heavy (non-hydrogen) atoms. The van der Waals surface area contributed by atoms with E-state index in [1.54, 1.807) is 0 Å². The second-order valence-corrected chi connectivity index (χ2v) is 5.87. The van der Waals surface area contributed by atoms with E-state index in [1.165, 1.54) is 25.7 Å². The Bertz CT molecular complexity index is 483. The third-order valence-electron chi connectivity index (χ3n) is 3.64. The SMILES string of the molecule is CCNC(=NCc1ccc(OCC2CC2)nc1)NC1CC1.I. The molecular weight excluding hydrogens is 391 g/mol. The van der Waals surface area contributed by atoms with Crippen LogP contribution in [-0.4, -0.2) is 30.1 Å². The minimum atomic E-state index is 0. The fourth-order valence-electron chi connectivity index (χ4n) is 1.99. The summed E-state index contributed by atoms with van der Waals surface area (Å²) < 4.78 is 5.64. The Morgan fingerprint density at radius 3 is 2.73 bits per heavy atom. The van der Waals surface area contributed by atoms with Gasteiger partial charge in [-0.3, -0.25) is 0 Å². The van der Waals surface area contributed by atoms with Crippen LogP contribution in [0.4, 0.5) is 0 Å². The van der Waals surface area contributed by atoms with Crippen LogP contribution in [-0.2, 0) is 6.54 Å². The van der Waals surface area contributed by atoms with Gasteiger partial charge in [0.05, 0.1) is 13.2 Å². The van der Waals surface area contributed by atoms with E-state index in [2.05, 4.69) is 27.5 Å². The Kier molecular flexibility index (Phi) is 6.72. The first-order valence-corrected chi connectivity index (χ1v) is 7.96. The molecule has 0 saturated heterocycles. The smallest absolute Gasteiger partial charge is 0.213 e. The normalized spacial score (nSPS) is 17.6. The summed E-state index contributed by atoms with van der Waals surface area (Å²) >= 11 is 0. The summed E-state index contributed by atoms with van der Waals surface area (Å²) in [6, 6.07) is 4.59. The molecule has 6 heteroatoms. The van der Waals surface area contributed by atoms with E-state index in [-0.39, 0.29) is 24.0 Å². The lowest BCUT2D eigenvalue weighted by molar-refractivity contribution is 0.288. The van der Waals surface area contributed by atoms with E-state index in [0.29, 0.717) is 12.6 Å². The molecule has 1 aromatic heterocycles. The van der Waals surface area contributed by atoms with Crippen LogP contribution in [0.25, 0.3) is 0 Å². The van der Waals surface area contributed by atoms with Gasteiger partial charge in [-0.05, 0) is 44.1 Å². The fraction of sp³-hybridized carbons (Fsp3) is 0.625. The van der Waals surface area contributed by atoms with E-state index in [9.17, 15) is 0 Å². The molecule has 122 valence electrons. The van der Waals surface area contributed by atoms with Crippen molar-refractivity contribution in [3.05, 3.63) is 23.9 Å². The van der Waals surface area contributed by atoms with Crippen molar-refractivity contribution in [1.82, 2.24) is 15.6 Å². The zero-order valence-corrected chi connectivity index (χ0v) is 15.4. The van der Waals surface area contributed by atoms with Crippen LogP contribution < -0.4 is 15.4 Å². The maximum absolute atomic E-state index is 5.64. The van der Waals surface area contributed by atoms with Crippen molar-refractivity contribution in [2.24, 2.45) is 10.9 Å². The lowest BCUT2D eigenvalue weighted by Crippen LogP contribution is -2.38. The van der Waals surface area contributed by atoms with E-state index in [4.69, 9.17) is 4.74 Å². The van der Waals surface area contributed by atoms with Crippen molar-refractivity contribution >= 4 is 29.9 Å². The fourth-order valence-corrected chi connectivity index (χ4v) is 1.99. The zero-order chi connectivity index (χ0) is 14.5. The number of pyridine rings is 1. The maximum atomic E-state index is 5.64. The van der Waals surface area contributed by atoms with Crippen molar-refractivity contribution < 1.29 is 4.74 Å². The van der Waals surface area contributed by atoms with Gasteiger partial charge < -0.3 is 15.4 Å². The molecule has 0 radical (unpaired) electrons. The van der Waals surface area contributed by atoms with E-state index < -0.39 is 0 Å². The summed E-state index contributed by atoms with van der Waals surface area (Å²) in [4.78, 5) is 8.93. The van der Waals surface area contributed by atoms with Crippen LogP contribution in [0.3, 0.4) is 0 Å². The first kappa shape index (κ1) is 17.3. The van der Waals surface area contributed by atoms with Gasteiger partial charge in [0.25, 0.3) is 0 Å². The number of halogens is 1. The molecule has 0 unspecified atom stereocenters. The number of hydrogen-bond acceptors (Lipinski definition) is 3. The van der Waals surface area contributed by atoms with Crippen molar-refractivity contribution in [1.29, 1.82) is 0 Å². The molecule has 0 aromatic carbocycles. The minimum absolute atomic E-state index is 0. The second kappa shape index (κ2) is 8.55. The first-order chi connectivity index (χ1) is 10.3. The van der Waals surface area contributed by atoms with Crippen LogP contribution in [0.1, 0.15) is 38.2 Å². The molecular formula is C16H25IN4O. The Balaban J connectivity index is 0.00000176. The van der Waals surface area contributed by atoms with Crippen LogP contribution in [0.2, 0.25) is 0 Å². The molecule has 2 fully saturated rings. The second-order valence-electron chi connectivity index (χ2n) is 5.87. The number of guanidine groups is 1. The summed E-state index contributed by atoms with van der Waals surface area (Å²) in [5.41, 5.74) is 1.10. The van der Waals surface area contributed by atoms with Crippen molar-refractivity contribution in [2.45, 2.75) is 45.2 Å². The molecule has 2 aliphatic rings. The van der Waals surface area contributed by atoms with Gasteiger partial charge in [0, 0.05) is 24.8 Å². The lowest BCUT2D eigenvalue weighted by Gasteiger charge is -2.10. The van der Waals surface area contributed by atoms with Crippen LogP contribution in [0.15, 0.2) is 23.3 Å². The Hall–Kier alpha value is -1.05. The number of nitrogens with one attached hydrogen (secondary N) is 2. The molecule has 0 amide bonds. The average Bonchev–Trinajstić information content (AvgIpc) is 3.38. The van der Waals surface area contributed by atoms with Gasteiger partial charge in [0.2, 0.25) is 5.88 Å². The molecule has 2 N–H and O–H groups in total. The monoisotopic (exact) mass is 416 g/mol. The molecule has 0 aliphatic heterocycles. The van der Waals surface area contributed by atoms with E-state index >= 15 is 0 Å². The van der Waals surface area contributed by atoms with Crippen molar-refractivity contribution in [3.63, 3.8) is 0 Å². The summed E-state index contributed by atoms with van der Waals surface area (Å²) in [5.74, 6) is 2.37. The Morgan fingerprint density at radius 2 is 2.14 bits per heavy atom. The molecule has 5 nitrogen and oxygen atoms in total. The number of hydrogen-bond donors (Lipinski definition) is 2. The summed E-state index contributed by atoms with van der Waals surface area (Å²) in [6.45, 7) is 4.40. The molecule has 1 heterocycles. The average molecular weight is 416 g/mol. The van der Waals surface area contributed by atoms with Gasteiger partial charge in [0.15, 0.2) is 5.96 Å². The van der Waals surface area contributed by atoms with Crippen LogP contribution in [0.5, 0.6) is 5.88 Å². The quantitative estimate of drug-likeness (QED) is 0.408. The molecule has 2 aliphatic carbocycles. The number of nitrogens with zero attached hydrogens (tertiary/aromatic N) is 2. The summed E-state index contributed by atoms with van der Waals surface area (Å²) in [5, 5.41) is 6.68. The van der Waals surface area contributed by atoms with Gasteiger partial charge in [0.1, 0.15) is 0 Å². The van der Waals surface area contributed by atoms with Gasteiger partial charge in [-0.15, -0.1) is 24.0 Å². The molecule has 0 bridgehead atoms. The highest BCUT2D eigenvalue weighted by Crippen LogP contribution is 2.29. The molecule has 2 saturated carbocycles. The first-order valence-electron chi connectivity index (χ1n) is 7.96. The number of ether oxygens (including phenoxy) is 1. The standard InChI is InChI=1S/C16H24N4O.HI/c1-2-17-16(20-14-6-7-14)19-10-13-5-8-15(18-9-13)21-11-12-3-4-12;/h5,8-9,12,14H,2-4,6-7,10-11H2,1H3,(H2,17,19,20);1H. The van der Waals surface area contributed by atoms with Crippen molar-refractivity contribution in [3.8, 4) is 5.88 Å². The zero-order valence-electron chi connectivity index (χ0n) is 13.0. The topological polar surface area (TPSA) is 58.5 Å². The van der Waals surface area contributed by atoms with Gasteiger partial charge >= 0.3 is 0 Å². The highest BCUT2D eigenvalue weighted by Gasteiger charge is 2.22.